The van der Waals surface area contributed by atoms with Crippen LogP contribution in [0.5, 0.6) is 0 Å². The fourth-order valence-electron chi connectivity index (χ4n) is 3.14. The minimum absolute atomic E-state index is 0.253. The van der Waals surface area contributed by atoms with Gasteiger partial charge in [0, 0.05) is 24.9 Å². The van der Waals surface area contributed by atoms with Crippen molar-refractivity contribution in [3.8, 4) is 11.3 Å². The Morgan fingerprint density at radius 2 is 1.92 bits per heavy atom. The fourth-order valence-corrected chi connectivity index (χ4v) is 4.22. The summed E-state index contributed by atoms with van der Waals surface area (Å²) in [5.41, 5.74) is 4.06. The maximum atomic E-state index is 12.5. The summed E-state index contributed by atoms with van der Waals surface area (Å²) in [5, 5.41) is 0. The summed E-state index contributed by atoms with van der Waals surface area (Å²) in [6.45, 7) is 2.19. The van der Waals surface area contributed by atoms with E-state index in [4.69, 9.17) is 4.42 Å². The van der Waals surface area contributed by atoms with Gasteiger partial charge in [-0.3, -0.25) is 0 Å². The van der Waals surface area contributed by atoms with Gasteiger partial charge in [-0.25, -0.2) is 18.1 Å². The Morgan fingerprint density at radius 3 is 2.60 bits per heavy atom. The van der Waals surface area contributed by atoms with Gasteiger partial charge in [-0.05, 0) is 29.7 Å². The first-order chi connectivity index (χ1) is 12.0. The zero-order chi connectivity index (χ0) is 17.4. The van der Waals surface area contributed by atoms with Crippen molar-refractivity contribution in [2.45, 2.75) is 24.2 Å². The van der Waals surface area contributed by atoms with Crippen LogP contribution in [0.25, 0.3) is 11.3 Å². The number of aromatic nitrogens is 1. The second-order valence-electron chi connectivity index (χ2n) is 6.23. The van der Waals surface area contributed by atoms with Crippen LogP contribution in [0, 0.1) is 6.92 Å². The largest absolute Gasteiger partial charge is 0.449 e. The lowest BCUT2D eigenvalue weighted by molar-refractivity contribution is 0.521. The summed E-state index contributed by atoms with van der Waals surface area (Å²) in [5.74, 6) is 0.831. The van der Waals surface area contributed by atoms with Crippen LogP contribution in [0.2, 0.25) is 0 Å². The molecule has 1 aliphatic carbocycles. The first kappa shape index (κ1) is 16.1. The predicted octanol–water partition coefficient (Wildman–Crippen LogP) is 3.27. The number of sulfonamides is 1. The molecule has 1 unspecified atom stereocenters. The highest BCUT2D eigenvalue weighted by Gasteiger charge is 2.27. The number of nitrogens with one attached hydrogen (secondary N) is 1. The van der Waals surface area contributed by atoms with E-state index in [0.717, 1.165) is 12.0 Å². The molecular weight excluding hydrogens is 336 g/mol. The van der Waals surface area contributed by atoms with E-state index in [2.05, 4.69) is 21.8 Å². The predicted molar refractivity (Wildman–Crippen MR) is 94.8 cm³/mol. The van der Waals surface area contributed by atoms with E-state index >= 15 is 0 Å². The molecule has 0 radical (unpaired) electrons. The number of rotatable bonds is 5. The molecule has 1 atom stereocenters. The van der Waals surface area contributed by atoms with Gasteiger partial charge in [-0.1, -0.05) is 36.4 Å². The second kappa shape index (κ2) is 6.13. The maximum absolute atomic E-state index is 12.5. The maximum Gasteiger partial charge on any atom is 0.240 e. The van der Waals surface area contributed by atoms with Gasteiger partial charge in [0.15, 0.2) is 5.89 Å². The van der Waals surface area contributed by atoms with Gasteiger partial charge in [0.25, 0.3) is 0 Å². The molecule has 1 aromatic heterocycles. The van der Waals surface area contributed by atoms with Crippen LogP contribution in [0.1, 0.15) is 22.9 Å². The van der Waals surface area contributed by atoms with Gasteiger partial charge < -0.3 is 4.42 Å². The molecule has 3 aromatic rings. The Bertz CT molecular complexity index is 1010. The number of hydrogen-bond acceptors (Lipinski definition) is 4. The summed E-state index contributed by atoms with van der Waals surface area (Å²) >= 11 is 0. The Kier molecular flexibility index (Phi) is 3.94. The standard InChI is InChI=1S/C19H18N2O3S/c1-13-21-19(12-24-13)14-6-8-17(9-7-14)25(22,23)20-11-16-10-15-4-2-3-5-18(15)16/h2-9,12,16,20H,10-11H2,1H3. The van der Waals surface area contributed by atoms with Crippen LogP contribution in [-0.2, 0) is 16.4 Å². The molecule has 6 heteroatoms. The van der Waals surface area contributed by atoms with E-state index in [1.54, 1.807) is 37.5 Å². The van der Waals surface area contributed by atoms with Crippen LogP contribution in [0.4, 0.5) is 0 Å². The fraction of sp³-hybridized carbons (Fsp3) is 0.211. The second-order valence-corrected chi connectivity index (χ2v) is 7.99. The number of fused-ring (bicyclic) bond motifs is 1. The monoisotopic (exact) mass is 354 g/mol. The molecule has 0 fully saturated rings. The Balaban J connectivity index is 1.45. The smallest absolute Gasteiger partial charge is 0.240 e. The minimum atomic E-state index is -3.52. The van der Waals surface area contributed by atoms with Crippen molar-refractivity contribution in [2.24, 2.45) is 0 Å². The molecule has 0 amide bonds. The van der Waals surface area contributed by atoms with Gasteiger partial charge in [0.1, 0.15) is 12.0 Å². The first-order valence-corrected chi connectivity index (χ1v) is 9.61. The van der Waals surface area contributed by atoms with Crippen molar-refractivity contribution in [1.82, 2.24) is 9.71 Å². The molecule has 0 bridgehead atoms. The van der Waals surface area contributed by atoms with E-state index in [-0.39, 0.29) is 10.8 Å². The van der Waals surface area contributed by atoms with Crippen molar-refractivity contribution >= 4 is 10.0 Å². The Hall–Kier alpha value is -2.44. The lowest BCUT2D eigenvalue weighted by Gasteiger charge is -2.30. The zero-order valence-corrected chi connectivity index (χ0v) is 14.6. The average Bonchev–Trinajstić information content (AvgIpc) is 3.02. The number of hydrogen-bond donors (Lipinski definition) is 1. The van der Waals surface area contributed by atoms with Crippen molar-refractivity contribution in [2.75, 3.05) is 6.54 Å². The number of nitrogens with zero attached hydrogens (tertiary/aromatic N) is 1. The topological polar surface area (TPSA) is 72.2 Å². The molecule has 0 saturated heterocycles. The molecule has 25 heavy (non-hydrogen) atoms. The normalized spacial score (nSPS) is 16.3. The lowest BCUT2D eigenvalue weighted by atomic mass is 9.78. The van der Waals surface area contributed by atoms with Crippen molar-refractivity contribution in [3.05, 3.63) is 71.8 Å². The zero-order valence-electron chi connectivity index (χ0n) is 13.8. The number of aryl methyl sites for hydroxylation is 1. The van der Waals surface area contributed by atoms with Crippen LogP contribution < -0.4 is 4.72 Å². The highest BCUT2D eigenvalue weighted by Crippen LogP contribution is 2.34. The molecule has 1 heterocycles. The molecule has 0 saturated carbocycles. The molecule has 128 valence electrons. The summed E-state index contributed by atoms with van der Waals surface area (Å²) in [6, 6.07) is 14.8. The molecule has 1 aliphatic rings. The summed E-state index contributed by atoms with van der Waals surface area (Å²) in [6.07, 6.45) is 2.48. The van der Waals surface area contributed by atoms with Crippen LogP contribution >= 0.6 is 0 Å². The SMILES string of the molecule is Cc1nc(-c2ccc(S(=O)(=O)NCC3Cc4ccccc43)cc2)co1. The average molecular weight is 354 g/mol. The highest BCUT2D eigenvalue weighted by molar-refractivity contribution is 7.89. The third kappa shape index (κ3) is 3.10. The van der Waals surface area contributed by atoms with E-state index in [0.29, 0.717) is 18.1 Å². The first-order valence-electron chi connectivity index (χ1n) is 8.13. The molecule has 0 spiro atoms. The molecule has 1 N–H and O–H groups in total. The van der Waals surface area contributed by atoms with Crippen molar-refractivity contribution < 1.29 is 12.8 Å². The van der Waals surface area contributed by atoms with Gasteiger partial charge in [0.05, 0.1) is 4.90 Å². The summed E-state index contributed by atoms with van der Waals surface area (Å²) < 4.78 is 32.9. The summed E-state index contributed by atoms with van der Waals surface area (Å²) in [4.78, 5) is 4.49. The van der Waals surface area contributed by atoms with Gasteiger partial charge in [0.2, 0.25) is 10.0 Å². The minimum Gasteiger partial charge on any atom is -0.449 e. The molecular formula is C19H18N2O3S. The highest BCUT2D eigenvalue weighted by atomic mass is 32.2. The third-order valence-corrected chi connectivity index (χ3v) is 6.00. The van der Waals surface area contributed by atoms with Crippen LogP contribution in [-0.4, -0.2) is 19.9 Å². The molecule has 4 rings (SSSR count). The Labute approximate surface area is 146 Å². The molecule has 5 nitrogen and oxygen atoms in total. The molecule has 0 aliphatic heterocycles. The van der Waals surface area contributed by atoms with E-state index in [1.807, 2.05) is 12.1 Å². The van der Waals surface area contributed by atoms with Crippen LogP contribution in [0.3, 0.4) is 0 Å². The third-order valence-electron chi connectivity index (χ3n) is 4.56. The van der Waals surface area contributed by atoms with Gasteiger partial charge in [-0.15, -0.1) is 0 Å². The van der Waals surface area contributed by atoms with Crippen molar-refractivity contribution in [1.29, 1.82) is 0 Å². The summed E-state index contributed by atoms with van der Waals surface area (Å²) in [7, 11) is -3.52. The van der Waals surface area contributed by atoms with E-state index in [1.165, 1.54) is 11.1 Å². The quantitative estimate of drug-likeness (QED) is 0.763. The van der Waals surface area contributed by atoms with Crippen LogP contribution in [0.15, 0.2) is 64.1 Å². The van der Waals surface area contributed by atoms with Crippen molar-refractivity contribution in [3.63, 3.8) is 0 Å². The van der Waals surface area contributed by atoms with Gasteiger partial charge >= 0.3 is 0 Å². The Morgan fingerprint density at radius 1 is 1.16 bits per heavy atom. The molecule has 2 aromatic carbocycles. The van der Waals surface area contributed by atoms with Gasteiger partial charge in [-0.2, -0.15) is 0 Å². The number of benzene rings is 2. The van der Waals surface area contributed by atoms with E-state index in [9.17, 15) is 8.42 Å². The number of oxazole rings is 1. The van der Waals surface area contributed by atoms with E-state index < -0.39 is 10.0 Å². The lowest BCUT2D eigenvalue weighted by Crippen LogP contribution is -2.33.